The average Bonchev–Trinajstić information content (AvgIpc) is 2.51. The topological polar surface area (TPSA) is 134 Å². The number of hydrogen-bond acceptors (Lipinski definition) is 7. The highest BCUT2D eigenvalue weighted by molar-refractivity contribution is 5.92. The Morgan fingerprint density at radius 3 is 1.81 bits per heavy atom. The Labute approximate surface area is 159 Å². The van der Waals surface area contributed by atoms with Crippen LogP contribution in [0.1, 0.15) is 48.5 Å². The summed E-state index contributed by atoms with van der Waals surface area (Å²) in [5.41, 5.74) is -0.854. The van der Waals surface area contributed by atoms with Gasteiger partial charge < -0.3 is 20.1 Å². The molecule has 0 fully saturated rings. The molecule has 0 heterocycles. The van der Waals surface area contributed by atoms with E-state index in [1.54, 1.807) is 34.6 Å². The molecule has 0 aromatic carbocycles. The Balaban J connectivity index is 5.05. The molecule has 3 N–H and O–H groups in total. The van der Waals surface area contributed by atoms with Crippen molar-refractivity contribution in [1.29, 1.82) is 0 Å². The van der Waals surface area contributed by atoms with Crippen LogP contribution in [-0.4, -0.2) is 65.0 Å². The van der Waals surface area contributed by atoms with Crippen molar-refractivity contribution in [2.45, 2.75) is 72.2 Å². The number of hydroxylamine groups is 2. The van der Waals surface area contributed by atoms with Crippen molar-refractivity contribution in [3.8, 4) is 0 Å². The van der Waals surface area contributed by atoms with Gasteiger partial charge in [0.25, 0.3) is 0 Å². The molecule has 3 amide bonds. The Bertz CT molecular complexity index is 557. The fourth-order valence-corrected chi connectivity index (χ4v) is 2.06. The first-order valence-electron chi connectivity index (χ1n) is 8.61. The van der Waals surface area contributed by atoms with Crippen LogP contribution in [0, 0.1) is 5.92 Å². The molecule has 27 heavy (non-hydrogen) atoms. The standard InChI is InChI=1S/C17H31N3O7/c1-9(2)12(20(25)16(24)27-17(5,6)7)14(22)18-10(3)13(21)19-11(4)15(23)26-8/h9-12,25H,1-8H3,(H,18,22)(H,19,21)/t10-,11-,12-/m0/s1. The Hall–Kier alpha value is -2.36. The van der Waals surface area contributed by atoms with Gasteiger partial charge in [0.1, 0.15) is 23.7 Å². The molecule has 0 unspecified atom stereocenters. The zero-order valence-corrected chi connectivity index (χ0v) is 17.2. The van der Waals surface area contributed by atoms with E-state index < -0.39 is 53.5 Å². The van der Waals surface area contributed by atoms with E-state index in [0.717, 1.165) is 0 Å². The minimum atomic E-state index is -1.27. The molecular formula is C17H31N3O7. The van der Waals surface area contributed by atoms with Crippen LogP contribution in [0.5, 0.6) is 0 Å². The first-order valence-corrected chi connectivity index (χ1v) is 8.61. The van der Waals surface area contributed by atoms with Crippen LogP contribution in [0.25, 0.3) is 0 Å². The predicted molar refractivity (Wildman–Crippen MR) is 95.7 cm³/mol. The molecule has 0 saturated carbocycles. The maximum Gasteiger partial charge on any atom is 0.435 e. The second kappa shape index (κ2) is 10.1. The van der Waals surface area contributed by atoms with Crippen LogP contribution in [0.15, 0.2) is 0 Å². The molecule has 0 rings (SSSR count). The van der Waals surface area contributed by atoms with E-state index >= 15 is 0 Å². The molecular weight excluding hydrogens is 358 g/mol. The maximum absolute atomic E-state index is 12.5. The van der Waals surface area contributed by atoms with Gasteiger partial charge in [0, 0.05) is 0 Å². The number of esters is 1. The third-order valence-electron chi connectivity index (χ3n) is 3.41. The number of hydrogen-bond donors (Lipinski definition) is 3. The largest absolute Gasteiger partial charge is 0.467 e. The first kappa shape index (κ1) is 24.6. The van der Waals surface area contributed by atoms with Gasteiger partial charge in [-0.05, 0) is 40.5 Å². The second-order valence-corrected chi connectivity index (χ2v) is 7.50. The van der Waals surface area contributed by atoms with Gasteiger partial charge in [-0.1, -0.05) is 13.8 Å². The lowest BCUT2D eigenvalue weighted by Gasteiger charge is -2.30. The summed E-state index contributed by atoms with van der Waals surface area (Å²) >= 11 is 0. The monoisotopic (exact) mass is 389 g/mol. The Morgan fingerprint density at radius 1 is 0.926 bits per heavy atom. The van der Waals surface area contributed by atoms with Gasteiger partial charge in [0.15, 0.2) is 0 Å². The molecule has 0 aromatic heterocycles. The number of ether oxygens (including phenoxy) is 2. The minimum absolute atomic E-state index is 0.215. The van der Waals surface area contributed by atoms with E-state index in [1.165, 1.54) is 21.0 Å². The number of amides is 3. The summed E-state index contributed by atoms with van der Waals surface area (Å²) in [5, 5.41) is 15.1. The van der Waals surface area contributed by atoms with E-state index in [-0.39, 0.29) is 5.06 Å². The number of carbonyl (C=O) groups excluding carboxylic acids is 4. The van der Waals surface area contributed by atoms with E-state index in [0.29, 0.717) is 0 Å². The van der Waals surface area contributed by atoms with Crippen molar-refractivity contribution >= 4 is 23.9 Å². The van der Waals surface area contributed by atoms with E-state index in [9.17, 15) is 24.4 Å². The maximum atomic E-state index is 12.5. The lowest BCUT2D eigenvalue weighted by atomic mass is 10.0. The molecule has 0 spiro atoms. The fourth-order valence-electron chi connectivity index (χ4n) is 2.06. The van der Waals surface area contributed by atoms with E-state index in [1.807, 2.05) is 0 Å². The van der Waals surface area contributed by atoms with Crippen LogP contribution in [-0.2, 0) is 23.9 Å². The van der Waals surface area contributed by atoms with Crippen molar-refractivity contribution in [2.75, 3.05) is 7.11 Å². The molecule has 156 valence electrons. The highest BCUT2D eigenvalue weighted by Gasteiger charge is 2.36. The Kier molecular flexibility index (Phi) is 9.22. The number of nitrogens with one attached hydrogen (secondary N) is 2. The zero-order valence-electron chi connectivity index (χ0n) is 17.2. The molecule has 0 bridgehead atoms. The van der Waals surface area contributed by atoms with Crippen LogP contribution in [0.4, 0.5) is 4.79 Å². The summed E-state index contributed by atoms with van der Waals surface area (Å²) in [7, 11) is 1.19. The van der Waals surface area contributed by atoms with E-state index in [2.05, 4.69) is 15.4 Å². The molecule has 0 radical (unpaired) electrons. The average molecular weight is 389 g/mol. The molecule has 3 atom stereocenters. The van der Waals surface area contributed by atoms with Gasteiger partial charge in [-0.2, -0.15) is 5.06 Å². The van der Waals surface area contributed by atoms with E-state index in [4.69, 9.17) is 4.74 Å². The van der Waals surface area contributed by atoms with Crippen molar-refractivity contribution in [3.63, 3.8) is 0 Å². The highest BCUT2D eigenvalue weighted by Crippen LogP contribution is 2.15. The molecule has 0 saturated heterocycles. The molecule has 10 nitrogen and oxygen atoms in total. The number of carbonyl (C=O) groups is 4. The smallest absolute Gasteiger partial charge is 0.435 e. The minimum Gasteiger partial charge on any atom is -0.467 e. The van der Waals surface area contributed by atoms with Gasteiger partial charge in [-0.15, -0.1) is 0 Å². The number of rotatable bonds is 7. The van der Waals surface area contributed by atoms with Gasteiger partial charge >= 0.3 is 12.1 Å². The van der Waals surface area contributed by atoms with Gasteiger partial charge in [0.05, 0.1) is 7.11 Å². The number of nitrogens with zero attached hydrogens (tertiary/aromatic N) is 1. The lowest BCUT2D eigenvalue weighted by Crippen LogP contribution is -2.56. The fraction of sp³-hybridized carbons (Fsp3) is 0.765. The Morgan fingerprint density at radius 2 is 1.41 bits per heavy atom. The van der Waals surface area contributed by atoms with Crippen molar-refractivity contribution in [2.24, 2.45) is 5.92 Å². The normalized spacial score (nSPS) is 14.6. The van der Waals surface area contributed by atoms with Gasteiger partial charge in [0.2, 0.25) is 11.8 Å². The first-order chi connectivity index (χ1) is 12.2. The van der Waals surface area contributed by atoms with Gasteiger partial charge in [-0.25, -0.2) is 9.59 Å². The van der Waals surface area contributed by atoms with Crippen molar-refractivity contribution < 1.29 is 33.9 Å². The van der Waals surface area contributed by atoms with Crippen LogP contribution < -0.4 is 10.6 Å². The van der Waals surface area contributed by atoms with Crippen LogP contribution in [0.3, 0.4) is 0 Å². The summed E-state index contributed by atoms with van der Waals surface area (Å²) < 4.78 is 9.56. The van der Waals surface area contributed by atoms with Crippen LogP contribution >= 0.6 is 0 Å². The molecule has 0 aliphatic heterocycles. The third kappa shape index (κ3) is 8.25. The molecule has 0 aromatic rings. The summed E-state index contributed by atoms with van der Waals surface area (Å²) in [6.45, 7) is 11.0. The molecule has 10 heteroatoms. The number of methoxy groups -OCH3 is 1. The predicted octanol–water partition coefficient (Wildman–Crippen LogP) is 0.820. The summed E-state index contributed by atoms with van der Waals surface area (Å²) in [4.78, 5) is 48.0. The third-order valence-corrected chi connectivity index (χ3v) is 3.41. The van der Waals surface area contributed by atoms with Gasteiger partial charge in [-0.3, -0.25) is 14.8 Å². The summed E-state index contributed by atoms with van der Waals surface area (Å²) in [5.74, 6) is -2.46. The van der Waals surface area contributed by atoms with Crippen molar-refractivity contribution in [3.05, 3.63) is 0 Å². The quantitative estimate of drug-likeness (QED) is 0.333. The van der Waals surface area contributed by atoms with Crippen molar-refractivity contribution in [1.82, 2.24) is 15.7 Å². The SMILES string of the molecule is COC(=O)[C@H](C)NC(=O)[C@H](C)NC(=O)[C@H](C(C)C)N(O)C(=O)OC(C)(C)C. The second-order valence-electron chi connectivity index (χ2n) is 7.50. The molecule has 0 aliphatic carbocycles. The summed E-state index contributed by atoms with van der Waals surface area (Å²) in [6.07, 6.45) is -1.08. The van der Waals surface area contributed by atoms with Crippen LogP contribution in [0.2, 0.25) is 0 Å². The zero-order chi connectivity index (χ0) is 21.5. The highest BCUT2D eigenvalue weighted by atomic mass is 16.6. The lowest BCUT2D eigenvalue weighted by molar-refractivity contribution is -0.156. The summed E-state index contributed by atoms with van der Waals surface area (Å²) in [6, 6.07) is -3.18. The molecule has 0 aliphatic rings.